The molecule has 3 rings (SSSR count). The van der Waals surface area contributed by atoms with Gasteiger partial charge in [-0.15, -0.1) is 11.3 Å². The third kappa shape index (κ3) is 5.51. The monoisotopic (exact) mass is 439 g/mol. The highest BCUT2D eigenvalue weighted by atomic mass is 32.1. The van der Waals surface area contributed by atoms with Crippen molar-refractivity contribution in [2.24, 2.45) is 4.99 Å². The number of likely N-dealkylation sites (tertiary alicyclic amines) is 1. The smallest absolute Gasteiger partial charge is 0.243 e. The van der Waals surface area contributed by atoms with Gasteiger partial charge >= 0.3 is 0 Å². The van der Waals surface area contributed by atoms with Crippen molar-refractivity contribution in [2.45, 2.75) is 18.9 Å². The van der Waals surface area contributed by atoms with Gasteiger partial charge in [-0.25, -0.2) is 13.2 Å². The van der Waals surface area contributed by atoms with E-state index in [9.17, 15) is 18.0 Å². The van der Waals surface area contributed by atoms with Crippen LogP contribution in [0.25, 0.3) is 0 Å². The van der Waals surface area contributed by atoms with E-state index in [1.165, 1.54) is 17.7 Å². The molecule has 1 atom stereocenters. The number of aliphatic imine (C=N–C) groups is 1. The van der Waals surface area contributed by atoms with Gasteiger partial charge in [-0.2, -0.15) is 0 Å². The minimum Gasteiger partial charge on any atom is -0.354 e. The van der Waals surface area contributed by atoms with Crippen LogP contribution in [0.5, 0.6) is 0 Å². The number of carbonyl (C=O) groups excluding carboxylic acids is 1. The number of hydrogen-bond donors (Lipinski definition) is 3. The Balaban J connectivity index is 1.53. The summed E-state index contributed by atoms with van der Waals surface area (Å²) in [6.07, 6.45) is 2.35. The summed E-state index contributed by atoms with van der Waals surface area (Å²) in [6.45, 7) is 2.47. The molecule has 1 unspecified atom stereocenters. The van der Waals surface area contributed by atoms with Gasteiger partial charge in [-0.1, -0.05) is 6.07 Å². The number of hydrogen-bond acceptors (Lipinski definition) is 4. The van der Waals surface area contributed by atoms with Crippen LogP contribution in [0.15, 0.2) is 34.6 Å². The summed E-state index contributed by atoms with van der Waals surface area (Å²) in [5.74, 6) is -4.57. The molecule has 0 radical (unpaired) electrons. The van der Waals surface area contributed by atoms with Crippen LogP contribution in [-0.2, 0) is 4.79 Å². The van der Waals surface area contributed by atoms with Crippen molar-refractivity contribution < 1.29 is 18.0 Å². The highest BCUT2D eigenvalue weighted by Crippen LogP contribution is 2.27. The molecule has 0 spiro atoms. The van der Waals surface area contributed by atoms with E-state index in [1.807, 2.05) is 11.4 Å². The summed E-state index contributed by atoms with van der Waals surface area (Å²) in [5.41, 5.74) is -0.421. The summed E-state index contributed by atoms with van der Waals surface area (Å²) in [4.78, 5) is 19.9. The molecule has 1 aliphatic heterocycles. The SMILES string of the molecule is CN=C(NCC(=O)Nc1ccc(F)c(F)c1F)NCC(c1cccs1)N1CCCC1. The maximum Gasteiger partial charge on any atom is 0.243 e. The lowest BCUT2D eigenvalue weighted by Crippen LogP contribution is -2.44. The number of nitrogens with zero attached hydrogens (tertiary/aromatic N) is 2. The lowest BCUT2D eigenvalue weighted by molar-refractivity contribution is -0.115. The summed E-state index contributed by atoms with van der Waals surface area (Å²) in [7, 11) is 1.58. The molecule has 0 bridgehead atoms. The second kappa shape index (κ2) is 10.4. The number of amides is 1. The topological polar surface area (TPSA) is 68.8 Å². The highest BCUT2D eigenvalue weighted by molar-refractivity contribution is 7.10. The third-order valence-electron chi connectivity index (χ3n) is 4.87. The van der Waals surface area contributed by atoms with Crippen LogP contribution in [0.1, 0.15) is 23.8 Å². The molecule has 1 fully saturated rings. The number of guanidine groups is 1. The fourth-order valence-electron chi connectivity index (χ4n) is 3.34. The number of nitrogens with one attached hydrogen (secondary N) is 3. The maximum absolute atomic E-state index is 13.7. The molecule has 1 aliphatic rings. The van der Waals surface area contributed by atoms with Crippen molar-refractivity contribution in [3.8, 4) is 0 Å². The van der Waals surface area contributed by atoms with E-state index < -0.39 is 29.0 Å². The summed E-state index contributed by atoms with van der Waals surface area (Å²) in [6, 6.07) is 6.06. The van der Waals surface area contributed by atoms with Crippen LogP contribution in [0.4, 0.5) is 18.9 Å². The molecule has 3 N–H and O–H groups in total. The van der Waals surface area contributed by atoms with Gasteiger partial charge in [0.2, 0.25) is 5.91 Å². The van der Waals surface area contributed by atoms with Gasteiger partial charge in [0.1, 0.15) is 0 Å². The van der Waals surface area contributed by atoms with Crippen LogP contribution in [-0.4, -0.2) is 50.0 Å². The lowest BCUT2D eigenvalue weighted by Gasteiger charge is -2.27. The fraction of sp³-hybridized carbons (Fsp3) is 0.400. The van der Waals surface area contributed by atoms with Gasteiger partial charge in [-0.3, -0.25) is 14.7 Å². The number of carbonyl (C=O) groups is 1. The molecule has 30 heavy (non-hydrogen) atoms. The minimum atomic E-state index is -1.63. The Morgan fingerprint density at radius 2 is 1.93 bits per heavy atom. The van der Waals surface area contributed by atoms with Crippen molar-refractivity contribution in [1.29, 1.82) is 0 Å². The largest absolute Gasteiger partial charge is 0.354 e. The summed E-state index contributed by atoms with van der Waals surface area (Å²) < 4.78 is 40.0. The Morgan fingerprint density at radius 1 is 1.17 bits per heavy atom. The zero-order valence-electron chi connectivity index (χ0n) is 16.6. The van der Waals surface area contributed by atoms with E-state index >= 15 is 0 Å². The number of rotatable bonds is 7. The van der Waals surface area contributed by atoms with E-state index in [2.05, 4.69) is 31.9 Å². The molecule has 162 valence electrons. The Bertz CT molecular complexity index is 885. The van der Waals surface area contributed by atoms with Crippen molar-refractivity contribution in [3.05, 3.63) is 52.0 Å². The zero-order valence-corrected chi connectivity index (χ0v) is 17.4. The van der Waals surface area contributed by atoms with Crippen molar-refractivity contribution >= 4 is 28.9 Å². The van der Waals surface area contributed by atoms with Crippen molar-refractivity contribution in [3.63, 3.8) is 0 Å². The van der Waals surface area contributed by atoms with Crippen LogP contribution >= 0.6 is 11.3 Å². The quantitative estimate of drug-likeness (QED) is 0.352. The molecule has 2 heterocycles. The number of anilines is 1. The van der Waals surface area contributed by atoms with E-state index in [4.69, 9.17) is 0 Å². The van der Waals surface area contributed by atoms with E-state index in [-0.39, 0.29) is 12.6 Å². The normalized spacial score (nSPS) is 15.8. The average molecular weight is 440 g/mol. The van der Waals surface area contributed by atoms with E-state index in [1.54, 1.807) is 18.4 Å². The second-order valence-electron chi connectivity index (χ2n) is 6.85. The average Bonchev–Trinajstić information content (AvgIpc) is 3.46. The van der Waals surface area contributed by atoms with Crippen molar-refractivity contribution in [1.82, 2.24) is 15.5 Å². The van der Waals surface area contributed by atoms with Gasteiger partial charge in [0.05, 0.1) is 18.3 Å². The van der Waals surface area contributed by atoms with Crippen molar-refractivity contribution in [2.75, 3.05) is 38.5 Å². The molecule has 2 aromatic rings. The predicted octanol–water partition coefficient (Wildman–Crippen LogP) is 3.11. The Labute approximate surface area is 177 Å². The molecular formula is C20H24F3N5OS. The second-order valence-corrected chi connectivity index (χ2v) is 7.83. The lowest BCUT2D eigenvalue weighted by atomic mass is 10.2. The van der Waals surface area contributed by atoms with Gasteiger partial charge < -0.3 is 16.0 Å². The van der Waals surface area contributed by atoms with E-state index in [0.29, 0.717) is 12.5 Å². The van der Waals surface area contributed by atoms with Crippen LogP contribution in [0, 0.1) is 17.5 Å². The summed E-state index contributed by atoms with van der Waals surface area (Å²) in [5, 5.41) is 10.3. The first-order chi connectivity index (χ1) is 14.5. The van der Waals surface area contributed by atoms with Crippen LogP contribution in [0.3, 0.4) is 0 Å². The van der Waals surface area contributed by atoms with Gasteiger partial charge in [-0.05, 0) is 49.5 Å². The van der Waals surface area contributed by atoms with E-state index in [0.717, 1.165) is 25.2 Å². The number of benzene rings is 1. The minimum absolute atomic E-state index is 0.205. The van der Waals surface area contributed by atoms with Crippen LogP contribution < -0.4 is 16.0 Å². The highest BCUT2D eigenvalue weighted by Gasteiger charge is 2.24. The first-order valence-electron chi connectivity index (χ1n) is 9.65. The zero-order chi connectivity index (χ0) is 21.5. The first kappa shape index (κ1) is 22.1. The molecule has 1 amide bonds. The molecule has 10 heteroatoms. The van der Waals surface area contributed by atoms with Crippen LogP contribution in [0.2, 0.25) is 0 Å². The molecule has 6 nitrogen and oxygen atoms in total. The molecule has 0 saturated carbocycles. The Morgan fingerprint density at radius 3 is 2.60 bits per heavy atom. The standard InChI is InChI=1S/C20H24F3N5OS/c1-24-20(25-11-15(16-5-4-10-30-16)28-8-2-3-9-28)26-12-17(29)27-14-7-6-13(21)18(22)19(14)23/h4-7,10,15H,2-3,8-9,11-12H2,1H3,(H,27,29)(H2,24,25,26). The summed E-state index contributed by atoms with van der Waals surface area (Å²) >= 11 is 1.70. The first-order valence-corrected chi connectivity index (χ1v) is 10.5. The fourth-order valence-corrected chi connectivity index (χ4v) is 4.20. The molecule has 1 aromatic carbocycles. The molecule has 1 saturated heterocycles. The Hall–Kier alpha value is -2.59. The molecular weight excluding hydrogens is 415 g/mol. The van der Waals surface area contributed by atoms with Gasteiger partial charge in [0.25, 0.3) is 0 Å². The molecule has 0 aliphatic carbocycles. The maximum atomic E-state index is 13.7. The Kier molecular flexibility index (Phi) is 7.69. The molecule has 1 aromatic heterocycles. The predicted molar refractivity (Wildman–Crippen MR) is 112 cm³/mol. The van der Waals surface area contributed by atoms with Gasteiger partial charge in [0, 0.05) is 18.5 Å². The number of halogens is 3. The third-order valence-corrected chi connectivity index (χ3v) is 5.84. The number of thiophene rings is 1. The van der Waals surface area contributed by atoms with Gasteiger partial charge in [0.15, 0.2) is 23.4 Å².